The van der Waals surface area contributed by atoms with Crippen molar-refractivity contribution in [2.45, 2.75) is 59.2 Å². The summed E-state index contributed by atoms with van der Waals surface area (Å²) in [7, 11) is 2.14. The maximum absolute atomic E-state index is 9.30. The minimum absolute atomic E-state index is 0.180. The first-order valence-electron chi connectivity index (χ1n) is 6.43. The Morgan fingerprint density at radius 3 is 2.06 bits per heavy atom. The molecular weight excluding hydrogens is 200 g/mol. The molecule has 0 aliphatic heterocycles. The van der Waals surface area contributed by atoms with Crippen LogP contribution in [0.1, 0.15) is 41.0 Å². The standard InChI is InChI=1S/C13H30N2O/c1-10(2)7-12(5)15(6)8-13(9-16)14-11(3)4/h10-14,16H,7-9H2,1-6H3. The van der Waals surface area contributed by atoms with E-state index in [0.29, 0.717) is 12.1 Å². The van der Waals surface area contributed by atoms with Crippen LogP contribution in [0, 0.1) is 5.92 Å². The topological polar surface area (TPSA) is 35.5 Å². The maximum atomic E-state index is 9.30. The number of nitrogens with one attached hydrogen (secondary N) is 1. The van der Waals surface area contributed by atoms with Crippen molar-refractivity contribution in [3.8, 4) is 0 Å². The van der Waals surface area contributed by atoms with Crippen LogP contribution in [0.5, 0.6) is 0 Å². The van der Waals surface area contributed by atoms with Gasteiger partial charge in [0.2, 0.25) is 0 Å². The van der Waals surface area contributed by atoms with E-state index in [9.17, 15) is 5.11 Å². The van der Waals surface area contributed by atoms with Gasteiger partial charge in [-0.05, 0) is 26.3 Å². The van der Waals surface area contributed by atoms with Crippen LogP contribution in [0.4, 0.5) is 0 Å². The Balaban J connectivity index is 4.02. The predicted octanol–water partition coefficient (Wildman–Crippen LogP) is 1.71. The van der Waals surface area contributed by atoms with E-state index in [1.807, 2.05) is 0 Å². The van der Waals surface area contributed by atoms with Crippen molar-refractivity contribution in [2.75, 3.05) is 20.2 Å². The summed E-state index contributed by atoms with van der Waals surface area (Å²) in [6.07, 6.45) is 1.20. The Bertz CT molecular complexity index is 171. The van der Waals surface area contributed by atoms with E-state index in [1.54, 1.807) is 0 Å². The summed E-state index contributed by atoms with van der Waals surface area (Å²) >= 11 is 0. The van der Waals surface area contributed by atoms with E-state index in [1.165, 1.54) is 6.42 Å². The highest BCUT2D eigenvalue weighted by molar-refractivity contribution is 4.75. The van der Waals surface area contributed by atoms with Crippen LogP contribution in [0.25, 0.3) is 0 Å². The van der Waals surface area contributed by atoms with Crippen LogP contribution in [-0.2, 0) is 0 Å². The van der Waals surface area contributed by atoms with Crippen molar-refractivity contribution >= 4 is 0 Å². The fourth-order valence-corrected chi connectivity index (χ4v) is 2.02. The Labute approximate surface area is 101 Å². The zero-order chi connectivity index (χ0) is 12.7. The highest BCUT2D eigenvalue weighted by Crippen LogP contribution is 2.09. The van der Waals surface area contributed by atoms with Crippen molar-refractivity contribution in [3.05, 3.63) is 0 Å². The summed E-state index contributed by atoms with van der Waals surface area (Å²) in [6, 6.07) is 1.17. The van der Waals surface area contributed by atoms with Crippen LogP contribution in [0.2, 0.25) is 0 Å². The third kappa shape index (κ3) is 7.20. The van der Waals surface area contributed by atoms with E-state index in [-0.39, 0.29) is 12.6 Å². The van der Waals surface area contributed by atoms with Crippen molar-refractivity contribution < 1.29 is 5.11 Å². The van der Waals surface area contributed by atoms with Crippen LogP contribution >= 0.6 is 0 Å². The zero-order valence-corrected chi connectivity index (χ0v) is 11.8. The minimum atomic E-state index is 0.180. The second-order valence-corrected chi connectivity index (χ2v) is 5.62. The van der Waals surface area contributed by atoms with Crippen molar-refractivity contribution in [3.63, 3.8) is 0 Å². The molecule has 16 heavy (non-hydrogen) atoms. The molecule has 2 N–H and O–H groups in total. The van der Waals surface area contributed by atoms with Gasteiger partial charge in [-0.2, -0.15) is 0 Å². The molecule has 0 rings (SSSR count). The second-order valence-electron chi connectivity index (χ2n) is 5.62. The molecule has 0 bridgehead atoms. The first-order valence-corrected chi connectivity index (χ1v) is 6.43. The average Bonchev–Trinajstić information content (AvgIpc) is 2.14. The summed E-state index contributed by atoms with van der Waals surface area (Å²) < 4.78 is 0. The van der Waals surface area contributed by atoms with Gasteiger partial charge in [-0.25, -0.2) is 0 Å². The molecule has 2 unspecified atom stereocenters. The summed E-state index contributed by atoms with van der Waals surface area (Å²) in [4.78, 5) is 2.33. The van der Waals surface area contributed by atoms with Gasteiger partial charge in [-0.3, -0.25) is 0 Å². The van der Waals surface area contributed by atoms with Crippen LogP contribution < -0.4 is 5.32 Å². The van der Waals surface area contributed by atoms with Crippen LogP contribution in [0.15, 0.2) is 0 Å². The lowest BCUT2D eigenvalue weighted by atomic mass is 10.0. The molecule has 0 spiro atoms. The lowest BCUT2D eigenvalue weighted by Crippen LogP contribution is -2.47. The fraction of sp³-hybridized carbons (Fsp3) is 1.00. The van der Waals surface area contributed by atoms with Crippen molar-refractivity contribution in [1.82, 2.24) is 10.2 Å². The molecule has 98 valence electrons. The van der Waals surface area contributed by atoms with Gasteiger partial charge in [-0.15, -0.1) is 0 Å². The highest BCUT2D eigenvalue weighted by Gasteiger charge is 2.16. The smallest absolute Gasteiger partial charge is 0.0597 e. The summed E-state index contributed by atoms with van der Waals surface area (Å²) in [6.45, 7) is 12.1. The number of hydrogen-bond acceptors (Lipinski definition) is 3. The highest BCUT2D eigenvalue weighted by atomic mass is 16.3. The summed E-state index contributed by atoms with van der Waals surface area (Å²) in [5.41, 5.74) is 0. The van der Waals surface area contributed by atoms with E-state index in [0.717, 1.165) is 12.5 Å². The van der Waals surface area contributed by atoms with Gasteiger partial charge < -0.3 is 15.3 Å². The Morgan fingerprint density at radius 2 is 1.69 bits per heavy atom. The number of aliphatic hydroxyl groups is 1. The third-order valence-electron chi connectivity index (χ3n) is 2.86. The molecule has 0 saturated carbocycles. The molecule has 0 fully saturated rings. The minimum Gasteiger partial charge on any atom is -0.395 e. The summed E-state index contributed by atoms with van der Waals surface area (Å²) in [5, 5.41) is 12.7. The lowest BCUT2D eigenvalue weighted by molar-refractivity contribution is 0.159. The van der Waals surface area contributed by atoms with Gasteiger partial charge in [0.25, 0.3) is 0 Å². The molecule has 0 aromatic rings. The van der Waals surface area contributed by atoms with Gasteiger partial charge >= 0.3 is 0 Å². The van der Waals surface area contributed by atoms with Gasteiger partial charge in [0.1, 0.15) is 0 Å². The fourth-order valence-electron chi connectivity index (χ4n) is 2.02. The largest absolute Gasteiger partial charge is 0.395 e. The first kappa shape index (κ1) is 15.9. The Hall–Kier alpha value is -0.120. The molecule has 0 amide bonds. The Morgan fingerprint density at radius 1 is 1.12 bits per heavy atom. The number of hydrogen-bond donors (Lipinski definition) is 2. The molecule has 0 saturated heterocycles. The molecular formula is C13H30N2O. The summed E-state index contributed by atoms with van der Waals surface area (Å²) in [5.74, 6) is 0.725. The number of likely N-dealkylation sites (N-methyl/N-ethyl adjacent to an activating group) is 1. The van der Waals surface area contributed by atoms with Gasteiger partial charge in [-0.1, -0.05) is 27.7 Å². The van der Waals surface area contributed by atoms with Gasteiger partial charge in [0.15, 0.2) is 0 Å². The molecule has 0 aromatic carbocycles. The molecule has 3 nitrogen and oxygen atoms in total. The predicted molar refractivity (Wildman–Crippen MR) is 70.7 cm³/mol. The quantitative estimate of drug-likeness (QED) is 0.666. The second kappa shape index (κ2) is 8.04. The van der Waals surface area contributed by atoms with Gasteiger partial charge in [0.05, 0.1) is 6.61 Å². The van der Waals surface area contributed by atoms with E-state index >= 15 is 0 Å². The van der Waals surface area contributed by atoms with Gasteiger partial charge in [0, 0.05) is 24.7 Å². The number of nitrogens with zero attached hydrogens (tertiary/aromatic N) is 1. The Kier molecular flexibility index (Phi) is 7.98. The maximum Gasteiger partial charge on any atom is 0.0597 e. The molecule has 0 heterocycles. The van der Waals surface area contributed by atoms with E-state index in [4.69, 9.17) is 0 Å². The number of rotatable bonds is 8. The molecule has 0 radical (unpaired) electrons. The van der Waals surface area contributed by atoms with E-state index < -0.39 is 0 Å². The molecule has 0 aromatic heterocycles. The van der Waals surface area contributed by atoms with Crippen molar-refractivity contribution in [2.24, 2.45) is 5.92 Å². The van der Waals surface area contributed by atoms with E-state index in [2.05, 4.69) is 51.9 Å². The molecule has 2 atom stereocenters. The lowest BCUT2D eigenvalue weighted by Gasteiger charge is -2.30. The zero-order valence-electron chi connectivity index (χ0n) is 11.8. The molecule has 0 aliphatic rings. The van der Waals surface area contributed by atoms with Crippen LogP contribution in [0.3, 0.4) is 0 Å². The first-order chi connectivity index (χ1) is 7.36. The number of aliphatic hydroxyl groups excluding tert-OH is 1. The normalized spacial score (nSPS) is 16.1. The third-order valence-corrected chi connectivity index (χ3v) is 2.86. The molecule has 3 heteroatoms. The SMILES string of the molecule is CC(C)CC(C)N(C)CC(CO)NC(C)C. The van der Waals surface area contributed by atoms with Crippen molar-refractivity contribution in [1.29, 1.82) is 0 Å². The van der Waals surface area contributed by atoms with Crippen LogP contribution in [-0.4, -0.2) is 48.3 Å². The monoisotopic (exact) mass is 230 g/mol. The average molecular weight is 230 g/mol. The molecule has 0 aliphatic carbocycles.